The standard InChI is InChI=1S/C17H23N3O3/c1-12-2-4-13(5-3-12)20-9-6-14(15(20)21)19-16(22)17(18)7-10-23-11-8-17/h2-5,14H,6-11,18H2,1H3,(H,19,22). The molecule has 1 aromatic carbocycles. The highest BCUT2D eigenvalue weighted by molar-refractivity contribution is 6.02. The van der Waals surface area contributed by atoms with Crippen molar-refractivity contribution < 1.29 is 14.3 Å². The second kappa shape index (κ2) is 6.29. The monoisotopic (exact) mass is 317 g/mol. The summed E-state index contributed by atoms with van der Waals surface area (Å²) in [5, 5.41) is 2.84. The lowest BCUT2D eigenvalue weighted by Gasteiger charge is -2.32. The summed E-state index contributed by atoms with van der Waals surface area (Å²) in [5.41, 5.74) is 7.27. The summed E-state index contributed by atoms with van der Waals surface area (Å²) in [7, 11) is 0. The number of anilines is 1. The number of nitrogens with zero attached hydrogens (tertiary/aromatic N) is 1. The van der Waals surface area contributed by atoms with Crippen molar-refractivity contribution in [3.63, 3.8) is 0 Å². The third kappa shape index (κ3) is 3.23. The molecule has 0 bridgehead atoms. The molecule has 1 atom stereocenters. The molecule has 124 valence electrons. The lowest BCUT2D eigenvalue weighted by molar-refractivity contribution is -0.132. The van der Waals surface area contributed by atoms with Crippen LogP contribution in [-0.4, -0.2) is 43.2 Å². The van der Waals surface area contributed by atoms with Gasteiger partial charge in [-0.15, -0.1) is 0 Å². The van der Waals surface area contributed by atoms with Crippen LogP contribution < -0.4 is 16.0 Å². The van der Waals surface area contributed by atoms with Gasteiger partial charge in [-0.05, 0) is 38.3 Å². The first-order valence-electron chi connectivity index (χ1n) is 8.05. The molecule has 1 unspecified atom stereocenters. The van der Waals surface area contributed by atoms with Gasteiger partial charge in [0.05, 0.1) is 5.54 Å². The van der Waals surface area contributed by atoms with Gasteiger partial charge in [-0.1, -0.05) is 17.7 Å². The number of carbonyl (C=O) groups excluding carboxylic acids is 2. The van der Waals surface area contributed by atoms with Crippen molar-refractivity contribution in [2.24, 2.45) is 5.73 Å². The molecule has 6 heteroatoms. The first-order chi connectivity index (χ1) is 11.0. The number of amides is 2. The van der Waals surface area contributed by atoms with Crippen molar-refractivity contribution in [1.82, 2.24) is 5.32 Å². The minimum absolute atomic E-state index is 0.0714. The highest BCUT2D eigenvalue weighted by Crippen LogP contribution is 2.23. The van der Waals surface area contributed by atoms with Gasteiger partial charge in [0.2, 0.25) is 11.8 Å². The van der Waals surface area contributed by atoms with E-state index in [4.69, 9.17) is 10.5 Å². The number of nitrogens with two attached hydrogens (primary N) is 1. The minimum Gasteiger partial charge on any atom is -0.381 e. The van der Waals surface area contributed by atoms with Crippen LogP contribution in [0.15, 0.2) is 24.3 Å². The van der Waals surface area contributed by atoms with Gasteiger partial charge in [-0.25, -0.2) is 0 Å². The molecule has 0 saturated carbocycles. The van der Waals surface area contributed by atoms with E-state index in [2.05, 4.69) is 5.32 Å². The van der Waals surface area contributed by atoms with Crippen LogP contribution in [0.2, 0.25) is 0 Å². The molecule has 0 aliphatic carbocycles. The largest absolute Gasteiger partial charge is 0.381 e. The van der Waals surface area contributed by atoms with Crippen LogP contribution in [-0.2, 0) is 14.3 Å². The summed E-state index contributed by atoms with van der Waals surface area (Å²) >= 11 is 0. The molecule has 2 aliphatic heterocycles. The number of carbonyl (C=O) groups is 2. The SMILES string of the molecule is Cc1ccc(N2CCC(NC(=O)C3(N)CCOCC3)C2=O)cc1. The quantitative estimate of drug-likeness (QED) is 0.860. The Balaban J connectivity index is 1.65. The van der Waals surface area contributed by atoms with Gasteiger partial charge >= 0.3 is 0 Å². The summed E-state index contributed by atoms with van der Waals surface area (Å²) in [6.07, 6.45) is 1.58. The van der Waals surface area contributed by atoms with E-state index in [1.165, 1.54) is 0 Å². The number of hydrogen-bond donors (Lipinski definition) is 2. The van der Waals surface area contributed by atoms with Gasteiger partial charge in [-0.2, -0.15) is 0 Å². The first-order valence-corrected chi connectivity index (χ1v) is 8.05. The number of hydrogen-bond acceptors (Lipinski definition) is 4. The van der Waals surface area contributed by atoms with E-state index < -0.39 is 11.6 Å². The lowest BCUT2D eigenvalue weighted by Crippen LogP contribution is -2.59. The van der Waals surface area contributed by atoms with E-state index in [9.17, 15) is 9.59 Å². The fraction of sp³-hybridized carbons (Fsp3) is 0.529. The summed E-state index contributed by atoms with van der Waals surface area (Å²) in [4.78, 5) is 26.7. The average molecular weight is 317 g/mol. The van der Waals surface area contributed by atoms with Crippen molar-refractivity contribution in [1.29, 1.82) is 0 Å². The average Bonchev–Trinajstić information content (AvgIpc) is 2.90. The molecular weight excluding hydrogens is 294 g/mol. The fourth-order valence-electron chi connectivity index (χ4n) is 3.06. The predicted octanol–water partition coefficient (Wildman–Crippen LogP) is 0.724. The van der Waals surface area contributed by atoms with Gasteiger partial charge in [-0.3, -0.25) is 9.59 Å². The molecule has 0 aromatic heterocycles. The van der Waals surface area contributed by atoms with Crippen LogP contribution >= 0.6 is 0 Å². The van der Waals surface area contributed by atoms with Gasteiger partial charge in [0.25, 0.3) is 0 Å². The van der Waals surface area contributed by atoms with E-state index >= 15 is 0 Å². The second-order valence-corrected chi connectivity index (χ2v) is 6.41. The Morgan fingerprint density at radius 1 is 1.30 bits per heavy atom. The van der Waals surface area contributed by atoms with Crippen molar-refractivity contribution in [2.45, 2.75) is 37.8 Å². The molecule has 2 amide bonds. The summed E-state index contributed by atoms with van der Waals surface area (Å²) < 4.78 is 5.26. The Hall–Kier alpha value is -1.92. The molecule has 6 nitrogen and oxygen atoms in total. The predicted molar refractivity (Wildman–Crippen MR) is 87.1 cm³/mol. The number of nitrogens with one attached hydrogen (secondary N) is 1. The highest BCUT2D eigenvalue weighted by Gasteiger charge is 2.40. The minimum atomic E-state index is -0.921. The molecule has 2 fully saturated rings. The Kier molecular flexibility index (Phi) is 4.37. The maximum absolute atomic E-state index is 12.6. The van der Waals surface area contributed by atoms with Crippen LogP contribution in [0.4, 0.5) is 5.69 Å². The second-order valence-electron chi connectivity index (χ2n) is 6.41. The van der Waals surface area contributed by atoms with E-state index in [0.29, 0.717) is 39.0 Å². The van der Waals surface area contributed by atoms with E-state index in [-0.39, 0.29) is 11.8 Å². The topological polar surface area (TPSA) is 84.7 Å². The van der Waals surface area contributed by atoms with Gasteiger partial charge in [0, 0.05) is 25.4 Å². The molecule has 2 saturated heterocycles. The summed E-state index contributed by atoms with van der Waals surface area (Å²) in [5.74, 6) is -0.317. The summed E-state index contributed by atoms with van der Waals surface area (Å²) in [6.45, 7) is 3.58. The van der Waals surface area contributed by atoms with Crippen LogP contribution in [0.3, 0.4) is 0 Å². The van der Waals surface area contributed by atoms with Crippen molar-refractivity contribution >= 4 is 17.5 Å². The van der Waals surface area contributed by atoms with Gasteiger partial charge < -0.3 is 20.7 Å². The van der Waals surface area contributed by atoms with Crippen LogP contribution in [0.5, 0.6) is 0 Å². The lowest BCUT2D eigenvalue weighted by atomic mass is 9.90. The van der Waals surface area contributed by atoms with Crippen LogP contribution in [0.25, 0.3) is 0 Å². The van der Waals surface area contributed by atoms with Crippen molar-refractivity contribution in [3.8, 4) is 0 Å². The maximum Gasteiger partial charge on any atom is 0.249 e. The maximum atomic E-state index is 12.6. The smallest absolute Gasteiger partial charge is 0.249 e. The highest BCUT2D eigenvalue weighted by atomic mass is 16.5. The van der Waals surface area contributed by atoms with E-state index in [1.807, 2.05) is 31.2 Å². The molecule has 1 aromatic rings. The van der Waals surface area contributed by atoms with Crippen LogP contribution in [0, 0.1) is 6.92 Å². The number of ether oxygens (including phenoxy) is 1. The number of rotatable bonds is 3. The zero-order valence-electron chi connectivity index (χ0n) is 13.4. The fourth-order valence-corrected chi connectivity index (χ4v) is 3.06. The molecule has 2 aliphatic rings. The normalized spacial score (nSPS) is 23.8. The molecule has 23 heavy (non-hydrogen) atoms. The molecule has 0 spiro atoms. The summed E-state index contributed by atoms with van der Waals surface area (Å²) in [6, 6.07) is 7.32. The Morgan fingerprint density at radius 3 is 2.61 bits per heavy atom. The van der Waals surface area contributed by atoms with Crippen molar-refractivity contribution in [3.05, 3.63) is 29.8 Å². The number of aryl methyl sites for hydroxylation is 1. The van der Waals surface area contributed by atoms with E-state index in [0.717, 1.165) is 11.3 Å². The van der Waals surface area contributed by atoms with Gasteiger partial charge in [0.15, 0.2) is 0 Å². The molecule has 3 N–H and O–H groups in total. The third-order valence-corrected chi connectivity index (χ3v) is 4.69. The molecular formula is C17H23N3O3. The molecule has 2 heterocycles. The van der Waals surface area contributed by atoms with Crippen molar-refractivity contribution in [2.75, 3.05) is 24.7 Å². The first kappa shape index (κ1) is 16.0. The molecule has 3 rings (SSSR count). The number of benzene rings is 1. The Morgan fingerprint density at radius 2 is 1.96 bits per heavy atom. The van der Waals surface area contributed by atoms with Gasteiger partial charge in [0.1, 0.15) is 6.04 Å². The van der Waals surface area contributed by atoms with E-state index in [1.54, 1.807) is 4.90 Å². The Labute approximate surface area is 136 Å². The zero-order valence-corrected chi connectivity index (χ0v) is 13.4. The third-order valence-electron chi connectivity index (χ3n) is 4.69. The zero-order chi connectivity index (χ0) is 16.4. The van der Waals surface area contributed by atoms with Crippen LogP contribution in [0.1, 0.15) is 24.8 Å². The Bertz CT molecular complexity index is 594. The molecule has 0 radical (unpaired) electrons.